The van der Waals surface area contributed by atoms with Crippen LogP contribution >= 0.6 is 11.6 Å². The molecule has 0 bridgehead atoms. The summed E-state index contributed by atoms with van der Waals surface area (Å²) in [6, 6.07) is 10.5. The molecule has 162 valence electrons. The summed E-state index contributed by atoms with van der Waals surface area (Å²) in [7, 11) is -3.85. The van der Waals surface area contributed by atoms with Crippen molar-refractivity contribution in [2.24, 2.45) is 0 Å². The maximum absolute atomic E-state index is 12.9. The Morgan fingerprint density at radius 3 is 2.47 bits per heavy atom. The van der Waals surface area contributed by atoms with Crippen LogP contribution in [-0.2, 0) is 10.0 Å². The van der Waals surface area contributed by atoms with E-state index in [1.54, 1.807) is 12.1 Å². The molecule has 2 aromatic carbocycles. The van der Waals surface area contributed by atoms with Crippen LogP contribution in [0.4, 0.5) is 8.78 Å². The Kier molecular flexibility index (Phi) is 6.95. The summed E-state index contributed by atoms with van der Waals surface area (Å²) in [6.07, 6.45) is 0.911. The number of rotatable bonds is 6. The van der Waals surface area contributed by atoms with Gasteiger partial charge >= 0.3 is 6.61 Å². The summed E-state index contributed by atoms with van der Waals surface area (Å²) in [5, 5.41) is 2.74. The first kappa shape index (κ1) is 22.5. The summed E-state index contributed by atoms with van der Waals surface area (Å²) in [5.41, 5.74) is 1.46. The van der Waals surface area contributed by atoms with Gasteiger partial charge < -0.3 is 10.1 Å². The molecule has 0 saturated carbocycles. The van der Waals surface area contributed by atoms with Gasteiger partial charge in [0.2, 0.25) is 10.0 Å². The van der Waals surface area contributed by atoms with Crippen LogP contribution in [0.5, 0.6) is 5.75 Å². The molecule has 0 unspecified atom stereocenters. The first-order valence-electron chi connectivity index (χ1n) is 9.29. The van der Waals surface area contributed by atoms with Gasteiger partial charge in [-0.3, -0.25) is 4.79 Å². The number of aryl methyl sites for hydroxylation is 1. The highest BCUT2D eigenvalue weighted by Gasteiger charge is 2.30. The lowest BCUT2D eigenvalue weighted by atomic mass is 10.0. The minimum atomic E-state index is -3.85. The molecule has 0 atom stereocenters. The van der Waals surface area contributed by atoms with E-state index in [0.717, 1.165) is 17.7 Å². The Bertz CT molecular complexity index is 1030. The molecule has 1 N–H and O–H groups in total. The number of nitrogens with zero attached hydrogens (tertiary/aromatic N) is 1. The maximum atomic E-state index is 12.9. The van der Waals surface area contributed by atoms with Crippen LogP contribution in [0.1, 0.15) is 28.8 Å². The zero-order chi connectivity index (χ0) is 21.9. The number of hydrogen-bond acceptors (Lipinski definition) is 4. The van der Waals surface area contributed by atoms with E-state index in [2.05, 4.69) is 10.1 Å². The molecule has 1 aliphatic rings. The second-order valence-corrected chi connectivity index (χ2v) is 9.28. The molecule has 0 spiro atoms. The number of carbonyl (C=O) groups excluding carboxylic acids is 1. The molecule has 10 heteroatoms. The van der Waals surface area contributed by atoms with E-state index in [4.69, 9.17) is 11.6 Å². The number of sulfonamides is 1. The van der Waals surface area contributed by atoms with Gasteiger partial charge in [0.15, 0.2) is 0 Å². The van der Waals surface area contributed by atoms with Gasteiger partial charge in [0, 0.05) is 24.7 Å². The highest BCUT2D eigenvalue weighted by atomic mass is 35.5. The Labute approximate surface area is 178 Å². The topological polar surface area (TPSA) is 75.7 Å². The molecule has 3 rings (SSSR count). The summed E-state index contributed by atoms with van der Waals surface area (Å²) in [4.78, 5) is 12.4. The van der Waals surface area contributed by atoms with Crippen LogP contribution in [0.2, 0.25) is 5.02 Å². The quantitative estimate of drug-likeness (QED) is 0.713. The third kappa shape index (κ3) is 5.08. The molecule has 1 fully saturated rings. The average Bonchev–Trinajstić information content (AvgIpc) is 2.70. The maximum Gasteiger partial charge on any atom is 0.387 e. The predicted molar refractivity (Wildman–Crippen MR) is 109 cm³/mol. The van der Waals surface area contributed by atoms with Crippen LogP contribution in [0.15, 0.2) is 47.4 Å². The van der Waals surface area contributed by atoms with Crippen LogP contribution in [0.3, 0.4) is 0 Å². The molecule has 1 heterocycles. The van der Waals surface area contributed by atoms with Crippen molar-refractivity contribution < 1.29 is 26.7 Å². The molecule has 0 aliphatic carbocycles. The smallest absolute Gasteiger partial charge is 0.387 e. The molecule has 1 amide bonds. The number of piperidine rings is 1. The molecule has 0 radical (unpaired) electrons. The monoisotopic (exact) mass is 458 g/mol. The lowest BCUT2D eigenvalue weighted by Crippen LogP contribution is -2.46. The van der Waals surface area contributed by atoms with Crippen molar-refractivity contribution in [3.05, 3.63) is 58.6 Å². The number of amides is 1. The van der Waals surface area contributed by atoms with Crippen molar-refractivity contribution in [1.29, 1.82) is 0 Å². The summed E-state index contributed by atoms with van der Waals surface area (Å²) >= 11 is 5.88. The molecule has 2 aromatic rings. The SMILES string of the molecule is Cc1ccccc1C(=O)NC1CCN(S(=O)(=O)c2ccc(OC(F)F)c(Cl)c2)CC1. The largest absolute Gasteiger partial charge is 0.433 e. The summed E-state index contributed by atoms with van der Waals surface area (Å²) in [6.45, 7) is -0.770. The van der Waals surface area contributed by atoms with E-state index >= 15 is 0 Å². The standard InChI is InChI=1S/C20H21ClF2N2O4S/c1-13-4-2-3-5-16(13)19(26)24-14-8-10-25(11-9-14)30(27,28)15-6-7-18(17(21)12-15)29-20(22)23/h2-7,12,14,20H,8-11H2,1H3,(H,24,26). The Hall–Kier alpha value is -2.23. The third-order valence-corrected chi connectivity index (χ3v) is 7.13. The minimum absolute atomic E-state index is 0.100. The van der Waals surface area contributed by atoms with Crippen molar-refractivity contribution in [2.45, 2.75) is 37.3 Å². The first-order chi connectivity index (χ1) is 14.2. The summed E-state index contributed by atoms with van der Waals surface area (Å²) in [5.74, 6) is -0.473. The third-order valence-electron chi connectivity index (χ3n) is 4.94. The molecule has 6 nitrogen and oxygen atoms in total. The number of hydrogen-bond donors (Lipinski definition) is 1. The van der Waals surface area contributed by atoms with Crippen LogP contribution in [0, 0.1) is 6.92 Å². The molecule has 1 aliphatic heterocycles. The first-order valence-corrected chi connectivity index (χ1v) is 11.1. The second kappa shape index (κ2) is 9.28. The Morgan fingerprint density at radius 1 is 1.20 bits per heavy atom. The number of benzene rings is 2. The number of halogens is 3. The second-order valence-electron chi connectivity index (χ2n) is 6.94. The summed E-state index contributed by atoms with van der Waals surface area (Å²) < 4.78 is 55.9. The molecule has 1 saturated heterocycles. The molecule has 30 heavy (non-hydrogen) atoms. The molecular weight excluding hydrogens is 438 g/mol. The van der Waals surface area contributed by atoms with Gasteiger partial charge in [0.1, 0.15) is 5.75 Å². The van der Waals surface area contributed by atoms with Gasteiger partial charge in [-0.1, -0.05) is 29.8 Å². The number of carbonyl (C=O) groups is 1. The van der Waals surface area contributed by atoms with Gasteiger partial charge in [0.05, 0.1) is 9.92 Å². The molecular formula is C20H21ClF2N2O4S. The zero-order valence-corrected chi connectivity index (χ0v) is 17.7. The highest BCUT2D eigenvalue weighted by molar-refractivity contribution is 7.89. The van der Waals surface area contributed by atoms with Crippen LogP contribution < -0.4 is 10.1 Å². The van der Waals surface area contributed by atoms with Gasteiger partial charge in [-0.2, -0.15) is 13.1 Å². The van der Waals surface area contributed by atoms with E-state index < -0.39 is 16.6 Å². The van der Waals surface area contributed by atoms with E-state index in [0.29, 0.717) is 18.4 Å². The Morgan fingerprint density at radius 2 is 1.87 bits per heavy atom. The van der Waals surface area contributed by atoms with Crippen molar-refractivity contribution in [1.82, 2.24) is 9.62 Å². The number of ether oxygens (including phenoxy) is 1. The highest BCUT2D eigenvalue weighted by Crippen LogP contribution is 2.30. The number of nitrogens with one attached hydrogen (secondary N) is 1. The normalized spacial score (nSPS) is 15.9. The predicted octanol–water partition coefficient (Wildman–Crippen LogP) is 3.83. The van der Waals surface area contributed by atoms with Crippen molar-refractivity contribution in [3.8, 4) is 5.75 Å². The van der Waals surface area contributed by atoms with Crippen molar-refractivity contribution in [3.63, 3.8) is 0 Å². The lowest BCUT2D eigenvalue weighted by molar-refractivity contribution is -0.0498. The van der Waals surface area contributed by atoms with Gasteiger partial charge in [-0.15, -0.1) is 0 Å². The van der Waals surface area contributed by atoms with Gasteiger partial charge in [0.25, 0.3) is 5.91 Å². The fourth-order valence-corrected chi connectivity index (χ4v) is 5.10. The average molecular weight is 459 g/mol. The van der Waals surface area contributed by atoms with Gasteiger partial charge in [-0.25, -0.2) is 8.42 Å². The van der Waals surface area contributed by atoms with E-state index in [1.807, 2.05) is 19.1 Å². The zero-order valence-electron chi connectivity index (χ0n) is 16.1. The van der Waals surface area contributed by atoms with E-state index in [9.17, 15) is 22.0 Å². The fraction of sp³-hybridized carbons (Fsp3) is 0.350. The van der Waals surface area contributed by atoms with E-state index in [-0.39, 0.29) is 40.7 Å². The van der Waals surface area contributed by atoms with E-state index in [1.165, 1.54) is 10.4 Å². The fourth-order valence-electron chi connectivity index (χ4n) is 3.31. The van der Waals surface area contributed by atoms with Crippen LogP contribution in [0.25, 0.3) is 0 Å². The van der Waals surface area contributed by atoms with Gasteiger partial charge in [-0.05, 0) is 49.6 Å². The minimum Gasteiger partial charge on any atom is -0.433 e. The molecule has 0 aromatic heterocycles. The Balaban J connectivity index is 1.63. The van der Waals surface area contributed by atoms with Crippen molar-refractivity contribution >= 4 is 27.5 Å². The van der Waals surface area contributed by atoms with Crippen molar-refractivity contribution in [2.75, 3.05) is 13.1 Å². The van der Waals surface area contributed by atoms with Crippen LogP contribution in [-0.4, -0.2) is 44.4 Å². The lowest BCUT2D eigenvalue weighted by Gasteiger charge is -2.31. The number of alkyl halides is 2.